The van der Waals surface area contributed by atoms with Crippen LogP contribution in [-0.2, 0) is 14.8 Å². The Kier molecular flexibility index (Phi) is 4.75. The normalized spacial score (nSPS) is 15.0. The fourth-order valence-corrected chi connectivity index (χ4v) is 2.62. The highest BCUT2D eigenvalue weighted by molar-refractivity contribution is 7.88. The Morgan fingerprint density at radius 1 is 1.32 bits per heavy atom. The standard InChI is InChI=1S/C12H20N2O4S/c1-7-6-11(10(4)18-7)8(2)13-12(15)9(3)14-19(5,16)17/h6,8-9,14H,1-5H3,(H,13,15)/t8-,9+/m1/s1. The van der Waals surface area contributed by atoms with Gasteiger partial charge in [0, 0.05) is 5.56 Å². The Balaban J connectivity index is 2.69. The minimum absolute atomic E-state index is 0.242. The summed E-state index contributed by atoms with van der Waals surface area (Å²) in [5.74, 6) is 1.14. The van der Waals surface area contributed by atoms with Crippen molar-refractivity contribution in [2.45, 2.75) is 39.8 Å². The molecule has 7 heteroatoms. The number of aryl methyl sites for hydroxylation is 2. The maximum atomic E-state index is 11.9. The van der Waals surface area contributed by atoms with Crippen LogP contribution in [-0.4, -0.2) is 26.6 Å². The van der Waals surface area contributed by atoms with Gasteiger partial charge in [-0.1, -0.05) is 0 Å². The molecule has 6 nitrogen and oxygen atoms in total. The number of carbonyl (C=O) groups excluding carboxylic acids is 1. The summed E-state index contributed by atoms with van der Waals surface area (Å²) in [5.41, 5.74) is 0.886. The first-order valence-corrected chi connectivity index (χ1v) is 7.84. The van der Waals surface area contributed by atoms with E-state index in [-0.39, 0.29) is 11.9 Å². The van der Waals surface area contributed by atoms with Crippen LogP contribution in [0.3, 0.4) is 0 Å². The van der Waals surface area contributed by atoms with Crippen molar-refractivity contribution in [2.75, 3.05) is 6.26 Å². The van der Waals surface area contributed by atoms with Crippen LogP contribution in [0.2, 0.25) is 0 Å². The van der Waals surface area contributed by atoms with E-state index in [1.54, 1.807) is 0 Å². The first kappa shape index (κ1) is 15.7. The number of amides is 1. The highest BCUT2D eigenvalue weighted by Crippen LogP contribution is 2.21. The zero-order chi connectivity index (χ0) is 14.8. The summed E-state index contributed by atoms with van der Waals surface area (Å²) >= 11 is 0. The largest absolute Gasteiger partial charge is 0.466 e. The van der Waals surface area contributed by atoms with Crippen molar-refractivity contribution in [3.05, 3.63) is 23.2 Å². The molecule has 0 saturated carbocycles. The van der Waals surface area contributed by atoms with Crippen LogP contribution in [0.1, 0.15) is 37.0 Å². The van der Waals surface area contributed by atoms with E-state index in [0.717, 1.165) is 23.3 Å². The second-order valence-electron chi connectivity index (χ2n) is 4.71. The van der Waals surface area contributed by atoms with Gasteiger partial charge in [0.15, 0.2) is 0 Å². The number of hydrogen-bond acceptors (Lipinski definition) is 4. The van der Waals surface area contributed by atoms with Crippen LogP contribution in [0.25, 0.3) is 0 Å². The molecule has 0 radical (unpaired) electrons. The fourth-order valence-electron chi connectivity index (χ4n) is 1.87. The van der Waals surface area contributed by atoms with Gasteiger partial charge in [0.2, 0.25) is 15.9 Å². The van der Waals surface area contributed by atoms with E-state index >= 15 is 0 Å². The quantitative estimate of drug-likeness (QED) is 0.846. The van der Waals surface area contributed by atoms with Gasteiger partial charge in [0.25, 0.3) is 0 Å². The molecule has 2 N–H and O–H groups in total. The van der Waals surface area contributed by atoms with Crippen molar-refractivity contribution in [1.82, 2.24) is 10.0 Å². The predicted octanol–water partition coefficient (Wildman–Crippen LogP) is 1.01. The van der Waals surface area contributed by atoms with Crippen molar-refractivity contribution < 1.29 is 17.6 Å². The molecule has 1 aromatic rings. The van der Waals surface area contributed by atoms with Crippen LogP contribution in [0.5, 0.6) is 0 Å². The molecule has 1 heterocycles. The minimum Gasteiger partial charge on any atom is -0.466 e. The number of sulfonamides is 1. The summed E-state index contributed by atoms with van der Waals surface area (Å²) < 4.78 is 29.7. The van der Waals surface area contributed by atoms with Gasteiger partial charge in [0.1, 0.15) is 11.5 Å². The molecule has 1 amide bonds. The molecule has 0 unspecified atom stereocenters. The molecule has 0 saturated heterocycles. The number of rotatable bonds is 5. The van der Waals surface area contributed by atoms with Gasteiger partial charge >= 0.3 is 0 Å². The van der Waals surface area contributed by atoms with Crippen LogP contribution in [0.15, 0.2) is 10.5 Å². The monoisotopic (exact) mass is 288 g/mol. The third kappa shape index (κ3) is 4.68. The van der Waals surface area contributed by atoms with Crippen molar-refractivity contribution >= 4 is 15.9 Å². The molecule has 0 aromatic carbocycles. The summed E-state index contributed by atoms with van der Waals surface area (Å²) in [6, 6.07) is 0.800. The number of furan rings is 1. The molecule has 0 aliphatic carbocycles. The molecule has 0 bridgehead atoms. The van der Waals surface area contributed by atoms with E-state index in [9.17, 15) is 13.2 Å². The van der Waals surface area contributed by atoms with Crippen LogP contribution < -0.4 is 10.0 Å². The number of nitrogens with one attached hydrogen (secondary N) is 2. The highest BCUT2D eigenvalue weighted by atomic mass is 32.2. The maximum Gasteiger partial charge on any atom is 0.238 e. The zero-order valence-electron chi connectivity index (χ0n) is 11.8. The summed E-state index contributed by atoms with van der Waals surface area (Å²) in [4.78, 5) is 11.9. The molecular weight excluding hydrogens is 268 g/mol. The molecule has 0 aliphatic rings. The second-order valence-corrected chi connectivity index (χ2v) is 6.49. The SMILES string of the molecule is Cc1cc([C@@H](C)NC(=O)[C@H](C)NS(C)(=O)=O)c(C)o1. The Morgan fingerprint density at radius 3 is 2.32 bits per heavy atom. The van der Waals surface area contributed by atoms with Gasteiger partial charge in [-0.05, 0) is 33.8 Å². The van der Waals surface area contributed by atoms with Gasteiger partial charge < -0.3 is 9.73 Å². The predicted molar refractivity (Wildman–Crippen MR) is 72.2 cm³/mol. The van der Waals surface area contributed by atoms with Crippen LogP contribution in [0.4, 0.5) is 0 Å². The van der Waals surface area contributed by atoms with Gasteiger partial charge in [0.05, 0.1) is 18.3 Å². The lowest BCUT2D eigenvalue weighted by molar-refractivity contribution is -0.123. The zero-order valence-corrected chi connectivity index (χ0v) is 12.6. The van der Waals surface area contributed by atoms with E-state index in [4.69, 9.17) is 4.42 Å². The molecule has 0 fully saturated rings. The summed E-state index contributed by atoms with van der Waals surface area (Å²) in [6.07, 6.45) is 1.02. The third-order valence-electron chi connectivity index (χ3n) is 2.69. The van der Waals surface area contributed by atoms with E-state index in [0.29, 0.717) is 0 Å². The molecule has 1 aromatic heterocycles. The third-order valence-corrected chi connectivity index (χ3v) is 3.47. The highest BCUT2D eigenvalue weighted by Gasteiger charge is 2.20. The van der Waals surface area contributed by atoms with E-state index < -0.39 is 16.1 Å². The molecule has 2 atom stereocenters. The average molecular weight is 288 g/mol. The Morgan fingerprint density at radius 2 is 1.89 bits per heavy atom. The summed E-state index contributed by atoms with van der Waals surface area (Å²) in [5, 5.41) is 2.75. The van der Waals surface area contributed by atoms with Gasteiger partial charge in [-0.15, -0.1) is 0 Å². The smallest absolute Gasteiger partial charge is 0.238 e. The minimum atomic E-state index is -3.40. The fraction of sp³-hybridized carbons (Fsp3) is 0.583. The summed E-state index contributed by atoms with van der Waals surface area (Å²) in [6.45, 7) is 6.97. The van der Waals surface area contributed by atoms with Crippen molar-refractivity contribution in [3.8, 4) is 0 Å². The lowest BCUT2D eigenvalue weighted by Gasteiger charge is -2.17. The Bertz CT molecular complexity index is 562. The van der Waals surface area contributed by atoms with Gasteiger partial charge in [-0.2, -0.15) is 0 Å². The van der Waals surface area contributed by atoms with E-state index in [2.05, 4.69) is 10.0 Å². The second kappa shape index (κ2) is 5.75. The van der Waals surface area contributed by atoms with Gasteiger partial charge in [-0.3, -0.25) is 4.79 Å². The molecular formula is C12H20N2O4S. The topological polar surface area (TPSA) is 88.4 Å². The molecule has 0 spiro atoms. The molecule has 19 heavy (non-hydrogen) atoms. The summed E-state index contributed by atoms with van der Waals surface area (Å²) in [7, 11) is -3.40. The van der Waals surface area contributed by atoms with Crippen molar-refractivity contribution in [2.24, 2.45) is 0 Å². The lowest BCUT2D eigenvalue weighted by Crippen LogP contribution is -2.45. The lowest BCUT2D eigenvalue weighted by atomic mass is 10.1. The van der Waals surface area contributed by atoms with E-state index in [1.807, 2.05) is 26.8 Å². The first-order valence-electron chi connectivity index (χ1n) is 5.94. The van der Waals surface area contributed by atoms with Crippen LogP contribution in [0, 0.1) is 13.8 Å². The molecule has 108 valence electrons. The number of carbonyl (C=O) groups is 1. The Labute approximate surface area is 113 Å². The number of hydrogen-bond donors (Lipinski definition) is 2. The molecule has 0 aliphatic heterocycles. The van der Waals surface area contributed by atoms with E-state index in [1.165, 1.54) is 6.92 Å². The van der Waals surface area contributed by atoms with Crippen molar-refractivity contribution in [1.29, 1.82) is 0 Å². The van der Waals surface area contributed by atoms with Crippen molar-refractivity contribution in [3.63, 3.8) is 0 Å². The Hall–Kier alpha value is -1.34. The van der Waals surface area contributed by atoms with Gasteiger partial charge in [-0.25, -0.2) is 13.1 Å². The average Bonchev–Trinajstić information content (AvgIpc) is 2.55. The van der Waals surface area contributed by atoms with Crippen LogP contribution >= 0.6 is 0 Å². The maximum absolute atomic E-state index is 11.9. The molecule has 1 rings (SSSR count). The first-order chi connectivity index (χ1) is 8.60.